The molecule has 0 radical (unpaired) electrons. The zero-order valence-electron chi connectivity index (χ0n) is 21.1. The molecule has 0 spiro atoms. The van der Waals surface area contributed by atoms with Gasteiger partial charge in [-0.3, -0.25) is 9.59 Å². The average Bonchev–Trinajstić information content (AvgIpc) is 2.90. The van der Waals surface area contributed by atoms with Crippen molar-refractivity contribution >= 4 is 23.6 Å². The first-order valence-corrected chi connectivity index (χ1v) is 12.9. The number of hydrogen-bond donors (Lipinski definition) is 0. The highest BCUT2D eigenvalue weighted by Crippen LogP contribution is 2.35. The van der Waals surface area contributed by atoms with Crippen LogP contribution in [0.1, 0.15) is 25.0 Å². The minimum absolute atomic E-state index is 0.0395. The normalized spacial score (nSPS) is 18.0. The lowest BCUT2D eigenvalue weighted by Crippen LogP contribution is -2.64. The standard InChI is InChI=1S/C29H32N2O4S/c1-20(2)26-27(32)31(19-22-12-16-24(35-4)17-13-22)29(36-25-8-6-5-7-9-25)28(33)30(26)18-21-10-14-23(34-3)15-11-21/h5-17,20,26,29H,18-19H2,1-4H3/t26-,29-/m0/s1. The van der Waals surface area contributed by atoms with Gasteiger partial charge in [0.1, 0.15) is 17.5 Å². The Bertz CT molecular complexity index is 1170. The summed E-state index contributed by atoms with van der Waals surface area (Å²) in [5.74, 6) is 1.36. The molecule has 2 amide bonds. The summed E-state index contributed by atoms with van der Waals surface area (Å²) in [4.78, 5) is 32.5. The number of thioether (sulfide) groups is 1. The third kappa shape index (κ3) is 5.68. The maximum atomic E-state index is 14.1. The molecule has 0 N–H and O–H groups in total. The Hall–Kier alpha value is -3.45. The summed E-state index contributed by atoms with van der Waals surface area (Å²) >= 11 is 1.41. The second-order valence-corrected chi connectivity index (χ2v) is 10.3. The molecule has 0 aliphatic carbocycles. The van der Waals surface area contributed by atoms with Gasteiger partial charge >= 0.3 is 0 Å². The van der Waals surface area contributed by atoms with E-state index in [-0.39, 0.29) is 17.7 Å². The average molecular weight is 505 g/mol. The van der Waals surface area contributed by atoms with Gasteiger partial charge in [-0.25, -0.2) is 0 Å². The van der Waals surface area contributed by atoms with Crippen LogP contribution in [-0.4, -0.2) is 47.2 Å². The minimum atomic E-state index is -0.671. The number of rotatable bonds is 9. The van der Waals surface area contributed by atoms with Gasteiger partial charge in [0.25, 0.3) is 5.91 Å². The lowest BCUT2D eigenvalue weighted by Gasteiger charge is -2.46. The van der Waals surface area contributed by atoms with Crippen LogP contribution in [0.25, 0.3) is 0 Å². The fraction of sp³-hybridized carbons (Fsp3) is 0.310. The monoisotopic (exact) mass is 504 g/mol. The van der Waals surface area contributed by atoms with E-state index in [2.05, 4.69) is 0 Å². The van der Waals surface area contributed by atoms with Crippen LogP contribution in [0.3, 0.4) is 0 Å². The van der Waals surface area contributed by atoms with Gasteiger partial charge in [-0.2, -0.15) is 0 Å². The van der Waals surface area contributed by atoms with E-state index in [0.717, 1.165) is 27.5 Å². The molecule has 3 aromatic rings. The molecular weight excluding hydrogens is 472 g/mol. The van der Waals surface area contributed by atoms with Crippen molar-refractivity contribution in [1.29, 1.82) is 0 Å². The van der Waals surface area contributed by atoms with Crippen LogP contribution in [-0.2, 0) is 22.7 Å². The maximum absolute atomic E-state index is 14.1. The van der Waals surface area contributed by atoms with Gasteiger partial charge < -0.3 is 19.3 Å². The van der Waals surface area contributed by atoms with Crippen molar-refractivity contribution in [3.8, 4) is 11.5 Å². The fourth-order valence-electron chi connectivity index (χ4n) is 4.41. The summed E-state index contributed by atoms with van der Waals surface area (Å²) in [6.45, 7) is 4.69. The van der Waals surface area contributed by atoms with Crippen molar-refractivity contribution < 1.29 is 19.1 Å². The summed E-state index contributed by atoms with van der Waals surface area (Å²) in [7, 11) is 3.25. The van der Waals surface area contributed by atoms with E-state index in [1.165, 1.54) is 11.8 Å². The number of ether oxygens (including phenoxy) is 2. The van der Waals surface area contributed by atoms with Gasteiger partial charge in [0, 0.05) is 18.0 Å². The van der Waals surface area contributed by atoms with Crippen molar-refractivity contribution in [2.45, 2.75) is 43.2 Å². The SMILES string of the molecule is COc1ccc(CN2C(=O)[C@H](Sc3ccccc3)N(Cc3ccc(OC)cc3)C(=O)[C@@H]2C(C)C)cc1. The van der Waals surface area contributed by atoms with Gasteiger partial charge in [-0.1, -0.05) is 68.1 Å². The zero-order chi connectivity index (χ0) is 25.7. The van der Waals surface area contributed by atoms with Crippen molar-refractivity contribution in [2.24, 2.45) is 5.92 Å². The molecule has 1 aliphatic rings. The van der Waals surface area contributed by atoms with Crippen LogP contribution < -0.4 is 9.47 Å². The van der Waals surface area contributed by atoms with E-state index in [1.54, 1.807) is 24.0 Å². The predicted molar refractivity (Wildman–Crippen MR) is 142 cm³/mol. The number of amides is 2. The molecule has 0 aromatic heterocycles. The number of methoxy groups -OCH3 is 2. The smallest absolute Gasteiger partial charge is 0.257 e. The molecule has 1 saturated heterocycles. The first kappa shape index (κ1) is 25.6. The van der Waals surface area contributed by atoms with Crippen LogP contribution in [0.15, 0.2) is 83.8 Å². The first-order valence-electron chi connectivity index (χ1n) is 12.0. The van der Waals surface area contributed by atoms with Crippen LogP contribution in [0.4, 0.5) is 0 Å². The van der Waals surface area contributed by atoms with E-state index in [4.69, 9.17) is 9.47 Å². The Morgan fingerprint density at radius 2 is 1.22 bits per heavy atom. The molecule has 4 rings (SSSR count). The largest absolute Gasteiger partial charge is 0.497 e. The Kier molecular flexibility index (Phi) is 8.21. The molecule has 0 unspecified atom stereocenters. The Balaban J connectivity index is 1.68. The highest BCUT2D eigenvalue weighted by molar-refractivity contribution is 8.00. The summed E-state index contributed by atoms with van der Waals surface area (Å²) < 4.78 is 10.6. The Morgan fingerprint density at radius 1 is 0.722 bits per heavy atom. The second kappa shape index (κ2) is 11.5. The maximum Gasteiger partial charge on any atom is 0.257 e. The lowest BCUT2D eigenvalue weighted by molar-refractivity contribution is -0.161. The van der Waals surface area contributed by atoms with Gasteiger partial charge in [0.05, 0.1) is 14.2 Å². The van der Waals surface area contributed by atoms with Gasteiger partial charge in [-0.05, 0) is 53.4 Å². The van der Waals surface area contributed by atoms with Crippen LogP contribution in [0.2, 0.25) is 0 Å². The molecular formula is C29H32N2O4S. The van der Waals surface area contributed by atoms with E-state index in [0.29, 0.717) is 13.1 Å². The quantitative estimate of drug-likeness (QED) is 0.400. The molecule has 188 valence electrons. The third-order valence-electron chi connectivity index (χ3n) is 6.30. The third-order valence-corrected chi connectivity index (χ3v) is 7.52. The van der Waals surface area contributed by atoms with E-state index < -0.39 is 11.4 Å². The van der Waals surface area contributed by atoms with Gasteiger partial charge in [0.2, 0.25) is 5.91 Å². The highest BCUT2D eigenvalue weighted by Gasteiger charge is 2.47. The molecule has 1 aliphatic heterocycles. The van der Waals surface area contributed by atoms with Crippen molar-refractivity contribution in [3.63, 3.8) is 0 Å². The van der Waals surface area contributed by atoms with Gasteiger partial charge in [-0.15, -0.1) is 0 Å². The van der Waals surface area contributed by atoms with E-state index in [9.17, 15) is 9.59 Å². The molecule has 0 saturated carbocycles. The molecule has 1 heterocycles. The summed E-state index contributed by atoms with van der Waals surface area (Å²) in [5.41, 5.74) is 1.90. The second-order valence-electron chi connectivity index (χ2n) is 9.10. The molecule has 1 fully saturated rings. The van der Waals surface area contributed by atoms with Crippen LogP contribution >= 0.6 is 11.8 Å². The lowest BCUT2D eigenvalue weighted by atomic mass is 9.96. The highest BCUT2D eigenvalue weighted by atomic mass is 32.2. The molecule has 6 nitrogen and oxygen atoms in total. The van der Waals surface area contributed by atoms with Crippen molar-refractivity contribution in [3.05, 3.63) is 90.0 Å². The topological polar surface area (TPSA) is 59.1 Å². The molecule has 2 atom stereocenters. The summed E-state index contributed by atoms with van der Waals surface area (Å²) in [6, 6.07) is 24.5. The Labute approximate surface area is 217 Å². The van der Waals surface area contributed by atoms with E-state index in [1.807, 2.05) is 92.7 Å². The molecule has 3 aromatic carbocycles. The number of carbonyl (C=O) groups is 2. The molecule has 36 heavy (non-hydrogen) atoms. The summed E-state index contributed by atoms with van der Waals surface area (Å²) in [6.07, 6.45) is 0. The predicted octanol–water partition coefficient (Wildman–Crippen LogP) is 5.22. The van der Waals surface area contributed by atoms with Crippen LogP contribution in [0, 0.1) is 5.92 Å². The Morgan fingerprint density at radius 3 is 1.69 bits per heavy atom. The van der Waals surface area contributed by atoms with E-state index >= 15 is 0 Å². The summed E-state index contributed by atoms with van der Waals surface area (Å²) in [5, 5.41) is -0.671. The molecule has 0 bridgehead atoms. The molecule has 7 heteroatoms. The number of benzene rings is 3. The minimum Gasteiger partial charge on any atom is -0.497 e. The van der Waals surface area contributed by atoms with Crippen molar-refractivity contribution in [2.75, 3.05) is 14.2 Å². The zero-order valence-corrected chi connectivity index (χ0v) is 21.9. The van der Waals surface area contributed by atoms with Crippen molar-refractivity contribution in [1.82, 2.24) is 9.80 Å². The number of hydrogen-bond acceptors (Lipinski definition) is 5. The first-order chi connectivity index (χ1) is 17.4. The number of nitrogens with zero attached hydrogens (tertiary/aromatic N) is 2. The fourth-order valence-corrected chi connectivity index (χ4v) is 5.52. The number of carbonyl (C=O) groups excluding carboxylic acids is 2. The van der Waals surface area contributed by atoms with Gasteiger partial charge in [0.15, 0.2) is 5.37 Å². The van der Waals surface area contributed by atoms with Crippen LogP contribution in [0.5, 0.6) is 11.5 Å². The number of piperazine rings is 1.